The van der Waals surface area contributed by atoms with Gasteiger partial charge in [-0.25, -0.2) is 0 Å². The molecule has 0 N–H and O–H groups in total. The molecular weight excluding hydrogens is 194 g/mol. The van der Waals surface area contributed by atoms with Crippen molar-refractivity contribution in [2.75, 3.05) is 19.6 Å². The predicted octanol–water partition coefficient (Wildman–Crippen LogP) is 2.76. The van der Waals surface area contributed by atoms with Crippen LogP contribution in [0.25, 0.3) is 0 Å². The maximum absolute atomic E-state index is 3.86. The molecule has 0 aromatic heterocycles. The van der Waals surface area contributed by atoms with Crippen molar-refractivity contribution in [2.24, 2.45) is 0 Å². The zero-order chi connectivity index (χ0) is 11.0. The van der Waals surface area contributed by atoms with Gasteiger partial charge in [-0.3, -0.25) is 4.90 Å². The Morgan fingerprint density at radius 2 is 2.12 bits per heavy atom. The molecule has 3 rings (SSSR count). The van der Waals surface area contributed by atoms with Crippen molar-refractivity contribution in [1.82, 2.24) is 4.90 Å². The molecule has 2 aliphatic rings. The maximum atomic E-state index is 3.86. The van der Waals surface area contributed by atoms with Crippen LogP contribution in [-0.2, 0) is 12.8 Å². The summed E-state index contributed by atoms with van der Waals surface area (Å²) in [5.41, 5.74) is 4.91. The third-order valence-corrected chi connectivity index (χ3v) is 4.02. The summed E-state index contributed by atoms with van der Waals surface area (Å²) in [5.74, 6) is 0.786. The second-order valence-electron chi connectivity index (χ2n) is 5.02. The van der Waals surface area contributed by atoms with Gasteiger partial charge in [-0.15, -0.1) is 6.58 Å². The summed E-state index contributed by atoms with van der Waals surface area (Å²) in [6.07, 6.45) is 5.88. The second kappa shape index (κ2) is 4.06. The van der Waals surface area contributed by atoms with Gasteiger partial charge in [-0.05, 0) is 41.9 Å². The smallest absolute Gasteiger partial charge is 0.0160 e. The van der Waals surface area contributed by atoms with E-state index in [-0.39, 0.29) is 0 Å². The Labute approximate surface area is 97.8 Å². The predicted molar refractivity (Wildman–Crippen MR) is 67.8 cm³/mol. The lowest BCUT2D eigenvalue weighted by atomic mass is 9.95. The second-order valence-corrected chi connectivity index (χ2v) is 5.02. The summed E-state index contributed by atoms with van der Waals surface area (Å²) in [5, 5.41) is 0. The van der Waals surface area contributed by atoms with Crippen molar-refractivity contribution in [1.29, 1.82) is 0 Å². The Balaban J connectivity index is 1.94. The molecule has 1 aliphatic heterocycles. The standard InChI is InChI=1S/C15H19N/c1-2-9-16-10-8-13-5-3-4-12-6-7-14(11-16)15(12)13/h2-5,14H,1,6-11H2. The van der Waals surface area contributed by atoms with Gasteiger partial charge in [0, 0.05) is 19.6 Å². The molecular formula is C15H19N. The van der Waals surface area contributed by atoms with Gasteiger partial charge in [0.2, 0.25) is 0 Å². The lowest BCUT2D eigenvalue weighted by molar-refractivity contribution is 0.294. The Kier molecular flexibility index (Phi) is 2.56. The van der Waals surface area contributed by atoms with E-state index in [0.717, 1.165) is 12.5 Å². The molecule has 1 unspecified atom stereocenters. The summed E-state index contributed by atoms with van der Waals surface area (Å²) < 4.78 is 0. The van der Waals surface area contributed by atoms with Crippen molar-refractivity contribution in [3.05, 3.63) is 47.5 Å². The summed E-state index contributed by atoms with van der Waals surface area (Å²) in [6.45, 7) is 7.32. The third kappa shape index (κ3) is 1.60. The molecule has 1 nitrogen and oxygen atoms in total. The van der Waals surface area contributed by atoms with Gasteiger partial charge < -0.3 is 0 Å². The minimum absolute atomic E-state index is 0.786. The first kappa shape index (κ1) is 10.1. The van der Waals surface area contributed by atoms with Crippen molar-refractivity contribution >= 4 is 0 Å². The van der Waals surface area contributed by atoms with E-state index in [4.69, 9.17) is 0 Å². The molecule has 0 fully saturated rings. The molecule has 16 heavy (non-hydrogen) atoms. The molecule has 0 saturated heterocycles. The van der Waals surface area contributed by atoms with Crippen LogP contribution in [0.1, 0.15) is 29.0 Å². The molecule has 0 saturated carbocycles. The Hall–Kier alpha value is -1.08. The fraction of sp³-hybridized carbons (Fsp3) is 0.467. The topological polar surface area (TPSA) is 3.24 Å². The van der Waals surface area contributed by atoms with Crippen LogP contribution in [0.2, 0.25) is 0 Å². The van der Waals surface area contributed by atoms with Crippen LogP contribution >= 0.6 is 0 Å². The van der Waals surface area contributed by atoms with Crippen LogP contribution in [-0.4, -0.2) is 24.5 Å². The molecule has 1 aromatic rings. The van der Waals surface area contributed by atoms with Crippen molar-refractivity contribution < 1.29 is 0 Å². The van der Waals surface area contributed by atoms with Crippen molar-refractivity contribution in [2.45, 2.75) is 25.2 Å². The van der Waals surface area contributed by atoms with E-state index in [0.29, 0.717) is 0 Å². The van der Waals surface area contributed by atoms with Crippen LogP contribution in [0.4, 0.5) is 0 Å². The molecule has 1 atom stereocenters. The van der Waals surface area contributed by atoms with Gasteiger partial charge in [0.25, 0.3) is 0 Å². The highest BCUT2D eigenvalue weighted by atomic mass is 15.1. The Morgan fingerprint density at radius 3 is 2.94 bits per heavy atom. The molecule has 0 radical (unpaired) electrons. The largest absolute Gasteiger partial charge is 0.299 e. The molecule has 0 spiro atoms. The maximum Gasteiger partial charge on any atom is 0.0160 e. The van der Waals surface area contributed by atoms with Crippen LogP contribution in [0, 0.1) is 0 Å². The fourth-order valence-corrected chi connectivity index (χ4v) is 3.31. The Bertz CT molecular complexity index is 408. The summed E-state index contributed by atoms with van der Waals surface area (Å²) in [6, 6.07) is 6.89. The number of hydrogen-bond donors (Lipinski definition) is 0. The van der Waals surface area contributed by atoms with Gasteiger partial charge in [0.1, 0.15) is 0 Å². The first-order valence-corrected chi connectivity index (χ1v) is 6.32. The highest BCUT2D eigenvalue weighted by molar-refractivity contribution is 5.42. The normalized spacial score (nSPS) is 23.9. The van der Waals surface area contributed by atoms with E-state index < -0.39 is 0 Å². The van der Waals surface area contributed by atoms with E-state index in [9.17, 15) is 0 Å². The molecule has 1 heterocycles. The van der Waals surface area contributed by atoms with Crippen LogP contribution in [0.15, 0.2) is 30.9 Å². The van der Waals surface area contributed by atoms with Gasteiger partial charge in [0.15, 0.2) is 0 Å². The average molecular weight is 213 g/mol. The van der Waals surface area contributed by atoms with Gasteiger partial charge >= 0.3 is 0 Å². The van der Waals surface area contributed by atoms with E-state index >= 15 is 0 Å². The quantitative estimate of drug-likeness (QED) is 0.683. The van der Waals surface area contributed by atoms with Crippen molar-refractivity contribution in [3.8, 4) is 0 Å². The molecule has 1 aliphatic carbocycles. The SMILES string of the molecule is C=CCN1CCc2cccc3c2C(CC3)C1. The minimum atomic E-state index is 0.786. The molecule has 84 valence electrons. The summed E-state index contributed by atoms with van der Waals surface area (Å²) in [4.78, 5) is 2.55. The van der Waals surface area contributed by atoms with Gasteiger partial charge in [-0.1, -0.05) is 24.3 Å². The van der Waals surface area contributed by atoms with Gasteiger partial charge in [0.05, 0.1) is 0 Å². The lowest BCUT2D eigenvalue weighted by Crippen LogP contribution is -2.28. The van der Waals surface area contributed by atoms with Crippen LogP contribution in [0.5, 0.6) is 0 Å². The van der Waals surface area contributed by atoms with E-state index in [2.05, 4.69) is 29.7 Å². The number of aryl methyl sites for hydroxylation is 1. The monoisotopic (exact) mass is 213 g/mol. The van der Waals surface area contributed by atoms with Crippen LogP contribution in [0.3, 0.4) is 0 Å². The summed E-state index contributed by atoms with van der Waals surface area (Å²) >= 11 is 0. The average Bonchev–Trinajstić information content (AvgIpc) is 2.61. The third-order valence-electron chi connectivity index (χ3n) is 4.02. The summed E-state index contributed by atoms with van der Waals surface area (Å²) in [7, 11) is 0. The molecule has 0 bridgehead atoms. The molecule has 1 aromatic carbocycles. The molecule has 1 heteroatoms. The van der Waals surface area contributed by atoms with Crippen LogP contribution < -0.4 is 0 Å². The van der Waals surface area contributed by atoms with Gasteiger partial charge in [-0.2, -0.15) is 0 Å². The number of benzene rings is 1. The number of nitrogens with zero attached hydrogens (tertiary/aromatic N) is 1. The number of hydrogen-bond acceptors (Lipinski definition) is 1. The highest BCUT2D eigenvalue weighted by Gasteiger charge is 2.28. The number of rotatable bonds is 2. The fourth-order valence-electron chi connectivity index (χ4n) is 3.31. The zero-order valence-corrected chi connectivity index (χ0v) is 9.78. The van der Waals surface area contributed by atoms with E-state index in [1.807, 2.05) is 6.08 Å². The van der Waals surface area contributed by atoms with Crippen molar-refractivity contribution in [3.63, 3.8) is 0 Å². The van der Waals surface area contributed by atoms with E-state index in [1.165, 1.54) is 32.4 Å². The first-order chi connectivity index (χ1) is 7.88. The minimum Gasteiger partial charge on any atom is -0.299 e. The highest BCUT2D eigenvalue weighted by Crippen LogP contribution is 2.37. The zero-order valence-electron chi connectivity index (χ0n) is 9.78. The molecule has 0 amide bonds. The van der Waals surface area contributed by atoms with E-state index in [1.54, 1.807) is 16.7 Å². The first-order valence-electron chi connectivity index (χ1n) is 6.32. The lowest BCUT2D eigenvalue weighted by Gasteiger charge is -2.21. The Morgan fingerprint density at radius 1 is 1.31 bits per heavy atom.